The summed E-state index contributed by atoms with van der Waals surface area (Å²) in [6, 6.07) is 117. The Kier molecular flexibility index (Phi) is 19.6. The van der Waals surface area contributed by atoms with Gasteiger partial charge in [-0.05, 0) is 243 Å². The van der Waals surface area contributed by atoms with E-state index < -0.39 is 22.2 Å². The van der Waals surface area contributed by atoms with Crippen LogP contribution in [0.25, 0.3) is 66.8 Å². The van der Waals surface area contributed by atoms with Crippen molar-refractivity contribution in [1.82, 2.24) is 0 Å². The van der Waals surface area contributed by atoms with Gasteiger partial charge in [0, 0.05) is 73.3 Å². The monoisotopic (exact) mass is 1720 g/mol. The summed E-state index contributed by atoms with van der Waals surface area (Å²) in [5.41, 5.74) is 33.3. The lowest BCUT2D eigenvalue weighted by Crippen LogP contribution is -2.26. The Labute approximate surface area is 713 Å². The maximum absolute atomic E-state index is 15.3. The second-order valence-corrected chi connectivity index (χ2v) is 45.4. The maximum atomic E-state index is 15.3. The number of aryl methyl sites for hydroxylation is 1. The van der Waals surface area contributed by atoms with E-state index in [9.17, 15) is 0 Å². The maximum Gasteiger partial charge on any atom is 0.171 e. The fourth-order valence-corrected chi connectivity index (χ4v) is 28.9. The summed E-state index contributed by atoms with van der Waals surface area (Å²) in [6.07, 6.45) is 0. The number of benzene rings is 15. The lowest BCUT2D eigenvalue weighted by Gasteiger charge is -2.26. The molecule has 2 N–H and O–H groups in total. The van der Waals surface area contributed by atoms with Crippen molar-refractivity contribution in [3.05, 3.63) is 409 Å². The van der Waals surface area contributed by atoms with Gasteiger partial charge in [-0.2, -0.15) is 0 Å². The average molecular weight is 1720 g/mol. The van der Waals surface area contributed by atoms with Crippen LogP contribution in [0.2, 0.25) is 0 Å². The van der Waals surface area contributed by atoms with E-state index in [4.69, 9.17) is 10.5 Å². The fraction of sp³-hybridized carbons (Fsp3) is 0.174. The number of hydrogen-bond acceptors (Lipinski definition) is 4. The Bertz CT molecular complexity index is 6270. The van der Waals surface area contributed by atoms with Gasteiger partial charge in [0.2, 0.25) is 0 Å². The van der Waals surface area contributed by atoms with E-state index in [0.29, 0.717) is 0 Å². The van der Waals surface area contributed by atoms with Crippen LogP contribution in [0.5, 0.6) is 0 Å². The largest absolute Gasteiger partial charge is 0.309 e. The van der Waals surface area contributed by atoms with Gasteiger partial charge in [0.05, 0.1) is 0 Å². The lowest BCUT2D eigenvalue weighted by molar-refractivity contribution is -0.176. The Morgan fingerprint density at radius 2 is 0.441 bits per heavy atom. The van der Waals surface area contributed by atoms with Crippen LogP contribution >= 0.6 is 54.1 Å². The van der Waals surface area contributed by atoms with Crippen molar-refractivity contribution in [3.8, 4) is 66.8 Å². The van der Waals surface area contributed by atoms with Crippen LogP contribution in [0.1, 0.15) is 155 Å². The highest BCUT2D eigenvalue weighted by atomic mass is 79.9. The number of hydrogen-bond donors (Lipinski definition) is 2. The predicted octanol–water partition coefficient (Wildman–Crippen LogP) is 25.8. The molecule has 4 nitrogen and oxygen atoms in total. The molecule has 21 rings (SSSR count). The highest BCUT2D eigenvalue weighted by molar-refractivity contribution is 9.10. The van der Waals surface area contributed by atoms with Crippen molar-refractivity contribution < 1.29 is 19.6 Å². The zero-order valence-corrected chi connectivity index (χ0v) is 74.8. The van der Waals surface area contributed by atoms with Gasteiger partial charge in [0.1, 0.15) is 0 Å². The van der Waals surface area contributed by atoms with Crippen molar-refractivity contribution >= 4 is 102 Å². The summed E-state index contributed by atoms with van der Waals surface area (Å²) in [7, 11) is -6.88. The summed E-state index contributed by atoms with van der Waals surface area (Å²) < 4.78 is 33.0. The van der Waals surface area contributed by atoms with Crippen molar-refractivity contribution in [1.29, 1.82) is 0 Å². The summed E-state index contributed by atoms with van der Waals surface area (Å²) in [5, 5.41) is 21.3. The molecule has 0 radical (unpaired) electrons. The molecule has 0 bridgehead atoms. The molecule has 6 aliphatic rings. The summed E-state index contributed by atoms with van der Waals surface area (Å²) in [5.74, 6) is 0. The van der Waals surface area contributed by atoms with E-state index in [-0.39, 0.29) is 32.5 Å². The van der Waals surface area contributed by atoms with Crippen LogP contribution in [0.3, 0.4) is 0 Å². The molecule has 0 spiro atoms. The van der Waals surface area contributed by atoms with E-state index in [1.54, 1.807) is 0 Å². The molecular formula is C109H95Br2O4P3. The van der Waals surface area contributed by atoms with Crippen molar-refractivity contribution in [2.45, 2.75) is 122 Å². The molecular weight excluding hydrogens is 1630 g/mol. The quantitative estimate of drug-likeness (QED) is 0.0858. The van der Waals surface area contributed by atoms with Crippen LogP contribution in [0.4, 0.5) is 0 Å². The summed E-state index contributed by atoms with van der Waals surface area (Å²) in [4.78, 5) is 0. The normalized spacial score (nSPS) is 15.5. The van der Waals surface area contributed by atoms with E-state index in [2.05, 4.69) is 328 Å². The smallest absolute Gasteiger partial charge is 0.171 e. The highest BCUT2D eigenvalue weighted by Crippen LogP contribution is 2.61. The lowest BCUT2D eigenvalue weighted by atomic mass is 9.79. The molecule has 0 fully saturated rings. The molecule has 6 aliphatic carbocycles. The molecule has 0 unspecified atom stereocenters. The van der Waals surface area contributed by atoms with Gasteiger partial charge in [-0.25, -0.2) is 0 Å². The third-order valence-corrected chi connectivity index (χ3v) is 36.5. The third kappa shape index (κ3) is 12.3. The molecule has 0 aromatic heterocycles. The Morgan fingerprint density at radius 3 is 0.729 bits per heavy atom. The number of halogens is 2. The minimum Gasteiger partial charge on any atom is -0.309 e. The second kappa shape index (κ2) is 29.2. The molecule has 0 saturated carbocycles. The van der Waals surface area contributed by atoms with Gasteiger partial charge in [0.25, 0.3) is 0 Å². The van der Waals surface area contributed by atoms with Crippen LogP contribution in [-0.4, -0.2) is 10.5 Å². The van der Waals surface area contributed by atoms with E-state index in [1.165, 1.54) is 155 Å². The topological polar surface area (TPSA) is 74.6 Å². The van der Waals surface area contributed by atoms with E-state index in [1.807, 2.05) is 121 Å². The van der Waals surface area contributed by atoms with Crippen molar-refractivity contribution in [3.63, 3.8) is 0 Å². The average Bonchev–Trinajstić information content (AvgIpc) is 1.55. The van der Waals surface area contributed by atoms with Crippen molar-refractivity contribution in [2.24, 2.45) is 0 Å². The number of fused-ring (bicyclic) bond motifs is 18. The fourth-order valence-electron chi connectivity index (χ4n) is 20.5. The molecule has 0 amide bonds. The predicted molar refractivity (Wildman–Crippen MR) is 508 cm³/mol. The highest BCUT2D eigenvalue weighted by Gasteiger charge is 2.47. The number of rotatable bonds is 9. The molecule has 15 aromatic carbocycles. The van der Waals surface area contributed by atoms with Gasteiger partial charge >= 0.3 is 0 Å². The molecule has 0 atom stereocenters. The van der Waals surface area contributed by atoms with Gasteiger partial charge in [-0.1, -0.05) is 369 Å². The van der Waals surface area contributed by atoms with Crippen LogP contribution in [-0.2, 0) is 41.6 Å². The standard InChI is InChI=1S/C48H40O2P2.C37H33P.C24H20Br2.H2O2/c1-47(2)43-29-37(51(49,33-17-9-5-10-18-33)34-19-11-6-12-20-34)25-27-39(43)41-32-46-42(31-45(41)47)40-28-26-38(30-44(40)48(46,3)4)52(50,35-21-13-7-14-22-35)36-23-15-8-16-24-36;1-24-16-18-28-30-22-35-31(23-34(30)36(2,3)32(28)20-24)29-19-17-27(21-33(29)37(35,4)5)38(25-12-8-6-9-13-25)26-14-10-7-11-15-26;1-23(2)19-9-13(25)5-7-15(19)17-12-22-18(11-21(17)23)16-8-6-14(26)10-20(16)24(22,3)4;1-2/h5-32H,1-4H3;6-23H,1-5H3;5-12H,1-4H3;1-2H. The first kappa shape index (κ1) is 79.2. The minimum atomic E-state index is -3.12. The van der Waals surface area contributed by atoms with Gasteiger partial charge in [0.15, 0.2) is 14.3 Å². The molecule has 9 heteroatoms. The molecule has 15 aromatic rings. The second-order valence-electron chi connectivity index (χ2n) is 35.8. The minimum absolute atomic E-state index is 0.00743. The first-order valence-corrected chi connectivity index (χ1v) is 47.2. The van der Waals surface area contributed by atoms with Gasteiger partial charge in [-0.15, -0.1) is 0 Å². The molecule has 584 valence electrons. The SMILES string of the molecule is CC1(C)c2cc(Br)ccc2-c2cc3c(cc21)-c1ccc(Br)cc1C3(C)C.CC1(C)c2cc(P(=O)(c3ccccc3)c3ccccc3)ccc2-c2cc3c(cc21)-c1ccc(P(=O)(c2ccccc2)c2ccccc2)cc1C3(C)C.Cc1ccc2c(c1)C(C)(C)c1cc3c(cc1-2)C(C)(C)c1cc(P(c2ccccc2)c2ccccc2)ccc1-3.OO. The summed E-state index contributed by atoms with van der Waals surface area (Å²) in [6.45, 7) is 30.4. The first-order chi connectivity index (χ1) is 56.5. The van der Waals surface area contributed by atoms with Gasteiger partial charge in [-0.3, -0.25) is 10.5 Å². The van der Waals surface area contributed by atoms with Crippen LogP contribution < -0.4 is 47.7 Å². The zero-order chi connectivity index (χ0) is 82.5. The van der Waals surface area contributed by atoms with E-state index >= 15 is 9.13 Å². The zero-order valence-electron chi connectivity index (χ0n) is 69.0. The molecule has 0 heterocycles. The van der Waals surface area contributed by atoms with Crippen LogP contribution in [0, 0.1) is 6.92 Å². The van der Waals surface area contributed by atoms with E-state index in [0.717, 1.165) is 40.8 Å². The van der Waals surface area contributed by atoms with Crippen LogP contribution in [0.15, 0.2) is 337 Å². The van der Waals surface area contributed by atoms with Crippen molar-refractivity contribution in [2.75, 3.05) is 0 Å². The molecule has 0 saturated heterocycles. The first-order valence-electron chi connectivity index (χ1n) is 40.8. The van der Waals surface area contributed by atoms with Gasteiger partial charge < -0.3 is 9.13 Å². The summed E-state index contributed by atoms with van der Waals surface area (Å²) >= 11 is 7.31. The Balaban J connectivity index is 0.000000127. The molecule has 118 heavy (non-hydrogen) atoms. The molecule has 0 aliphatic heterocycles. The third-order valence-electron chi connectivity index (χ3n) is 26.9. The Hall–Kier alpha value is -9.93. The Morgan fingerprint density at radius 1 is 0.220 bits per heavy atom.